The lowest BCUT2D eigenvalue weighted by atomic mass is 10.1. The van der Waals surface area contributed by atoms with Crippen molar-refractivity contribution in [1.82, 2.24) is 15.1 Å². The summed E-state index contributed by atoms with van der Waals surface area (Å²) < 4.78 is 0. The van der Waals surface area contributed by atoms with Crippen LogP contribution in [0, 0.1) is 19.8 Å². The van der Waals surface area contributed by atoms with Crippen LogP contribution in [0.5, 0.6) is 0 Å². The third-order valence-corrected chi connectivity index (χ3v) is 4.63. The van der Waals surface area contributed by atoms with E-state index in [1.807, 2.05) is 19.1 Å². The molecule has 2 N–H and O–H groups in total. The standard InChI is InChI=1S/C18H30N4O/c1-14(13-22-10-8-21(4)9-11-22)12-19-18(23)20-17-7-5-6-15(2)16(17)3/h5-7,14H,8-13H2,1-4H3,(H2,19,20,23)/t14-/m1/s1. The highest BCUT2D eigenvalue weighted by Gasteiger charge is 2.16. The van der Waals surface area contributed by atoms with Crippen LogP contribution in [-0.4, -0.2) is 62.1 Å². The van der Waals surface area contributed by atoms with Crippen LogP contribution in [0.2, 0.25) is 0 Å². The van der Waals surface area contributed by atoms with E-state index in [2.05, 4.69) is 47.4 Å². The first-order chi connectivity index (χ1) is 11.0. The van der Waals surface area contributed by atoms with Gasteiger partial charge in [0.15, 0.2) is 0 Å². The van der Waals surface area contributed by atoms with E-state index in [1.165, 1.54) is 5.56 Å². The average molecular weight is 318 g/mol. The monoisotopic (exact) mass is 318 g/mol. The Balaban J connectivity index is 1.72. The van der Waals surface area contributed by atoms with E-state index in [9.17, 15) is 4.79 Å². The highest BCUT2D eigenvalue weighted by molar-refractivity contribution is 5.90. The quantitative estimate of drug-likeness (QED) is 0.876. The van der Waals surface area contributed by atoms with E-state index < -0.39 is 0 Å². The average Bonchev–Trinajstić information content (AvgIpc) is 2.52. The summed E-state index contributed by atoms with van der Waals surface area (Å²) in [4.78, 5) is 16.9. The summed E-state index contributed by atoms with van der Waals surface area (Å²) in [7, 11) is 2.17. The Morgan fingerprint density at radius 1 is 1.22 bits per heavy atom. The molecule has 0 aliphatic carbocycles. The Labute approximate surface area is 140 Å². The molecule has 0 saturated carbocycles. The molecule has 1 aromatic carbocycles. The first-order valence-electron chi connectivity index (χ1n) is 8.47. The van der Waals surface area contributed by atoms with Crippen LogP contribution in [-0.2, 0) is 0 Å². The van der Waals surface area contributed by atoms with E-state index in [0.717, 1.165) is 44.0 Å². The van der Waals surface area contributed by atoms with Crippen molar-refractivity contribution in [1.29, 1.82) is 0 Å². The van der Waals surface area contributed by atoms with Gasteiger partial charge in [-0.2, -0.15) is 0 Å². The largest absolute Gasteiger partial charge is 0.338 e. The maximum absolute atomic E-state index is 12.1. The van der Waals surface area contributed by atoms with Crippen molar-refractivity contribution < 1.29 is 4.79 Å². The number of hydrogen-bond acceptors (Lipinski definition) is 3. The summed E-state index contributed by atoms with van der Waals surface area (Å²) in [5.74, 6) is 0.447. The number of nitrogens with zero attached hydrogens (tertiary/aromatic N) is 2. The molecule has 0 unspecified atom stereocenters. The predicted molar refractivity (Wildman–Crippen MR) is 96.0 cm³/mol. The van der Waals surface area contributed by atoms with Gasteiger partial charge in [0.25, 0.3) is 0 Å². The molecule has 1 aliphatic rings. The highest BCUT2D eigenvalue weighted by atomic mass is 16.2. The minimum Gasteiger partial charge on any atom is -0.338 e. The number of rotatable bonds is 5. The molecular formula is C18H30N4O. The molecule has 23 heavy (non-hydrogen) atoms. The Morgan fingerprint density at radius 2 is 1.91 bits per heavy atom. The highest BCUT2D eigenvalue weighted by Crippen LogP contribution is 2.17. The second-order valence-electron chi connectivity index (χ2n) is 6.79. The molecule has 128 valence electrons. The SMILES string of the molecule is Cc1cccc(NC(=O)NC[C@@H](C)CN2CCN(C)CC2)c1C. The van der Waals surface area contributed by atoms with Gasteiger partial charge < -0.3 is 20.4 Å². The molecule has 1 heterocycles. The zero-order valence-electron chi connectivity index (χ0n) is 14.9. The number of anilines is 1. The van der Waals surface area contributed by atoms with Crippen molar-refractivity contribution >= 4 is 11.7 Å². The summed E-state index contributed by atoms with van der Waals surface area (Å²) in [5.41, 5.74) is 3.19. The molecule has 1 fully saturated rings. The minimum absolute atomic E-state index is 0.121. The minimum atomic E-state index is -0.121. The Bertz CT molecular complexity index is 524. The Kier molecular flexibility index (Phi) is 6.42. The second kappa shape index (κ2) is 8.31. The van der Waals surface area contributed by atoms with Gasteiger partial charge in [0, 0.05) is 45.0 Å². The molecule has 2 rings (SSSR count). The first kappa shape index (κ1) is 17.8. The number of carbonyl (C=O) groups is 1. The van der Waals surface area contributed by atoms with Crippen LogP contribution in [0.15, 0.2) is 18.2 Å². The van der Waals surface area contributed by atoms with E-state index in [-0.39, 0.29) is 6.03 Å². The van der Waals surface area contributed by atoms with Crippen LogP contribution in [0.25, 0.3) is 0 Å². The summed E-state index contributed by atoms with van der Waals surface area (Å²) in [6, 6.07) is 5.84. The maximum atomic E-state index is 12.1. The Hall–Kier alpha value is -1.59. The number of piperazine rings is 1. The molecule has 1 aromatic rings. The van der Waals surface area contributed by atoms with E-state index >= 15 is 0 Å². The van der Waals surface area contributed by atoms with Crippen LogP contribution >= 0.6 is 0 Å². The molecule has 2 amide bonds. The van der Waals surface area contributed by atoms with Crippen molar-refractivity contribution in [2.75, 3.05) is 51.6 Å². The number of benzene rings is 1. The van der Waals surface area contributed by atoms with Gasteiger partial charge in [0.1, 0.15) is 0 Å². The molecule has 1 atom stereocenters. The predicted octanol–water partition coefficient (Wildman–Crippen LogP) is 2.31. The lowest BCUT2D eigenvalue weighted by Gasteiger charge is -2.33. The summed E-state index contributed by atoms with van der Waals surface area (Å²) >= 11 is 0. The number of carbonyl (C=O) groups excluding carboxylic acids is 1. The molecule has 5 heteroatoms. The Morgan fingerprint density at radius 3 is 2.61 bits per heavy atom. The van der Waals surface area contributed by atoms with Crippen LogP contribution in [0.1, 0.15) is 18.1 Å². The summed E-state index contributed by atoms with van der Waals surface area (Å²) in [6.07, 6.45) is 0. The van der Waals surface area contributed by atoms with Gasteiger partial charge in [-0.05, 0) is 44.0 Å². The third kappa shape index (κ3) is 5.52. The fourth-order valence-corrected chi connectivity index (χ4v) is 2.86. The molecule has 5 nitrogen and oxygen atoms in total. The molecule has 0 spiro atoms. The van der Waals surface area contributed by atoms with Gasteiger partial charge in [-0.1, -0.05) is 19.1 Å². The lowest BCUT2D eigenvalue weighted by molar-refractivity contribution is 0.138. The second-order valence-corrected chi connectivity index (χ2v) is 6.79. The van der Waals surface area contributed by atoms with Crippen LogP contribution in [0.4, 0.5) is 10.5 Å². The number of likely N-dealkylation sites (N-methyl/N-ethyl adjacent to an activating group) is 1. The van der Waals surface area contributed by atoms with Crippen molar-refractivity contribution in [3.63, 3.8) is 0 Å². The fraction of sp³-hybridized carbons (Fsp3) is 0.611. The molecule has 1 aliphatic heterocycles. The van der Waals surface area contributed by atoms with E-state index in [0.29, 0.717) is 12.5 Å². The van der Waals surface area contributed by atoms with Crippen molar-refractivity contribution in [2.45, 2.75) is 20.8 Å². The number of amides is 2. The number of aryl methyl sites for hydroxylation is 1. The zero-order chi connectivity index (χ0) is 16.8. The summed E-state index contributed by atoms with van der Waals surface area (Å²) in [6.45, 7) is 12.5. The molecule has 0 radical (unpaired) electrons. The molecular weight excluding hydrogens is 288 g/mol. The smallest absolute Gasteiger partial charge is 0.319 e. The first-order valence-corrected chi connectivity index (χ1v) is 8.47. The van der Waals surface area contributed by atoms with Crippen LogP contribution in [0.3, 0.4) is 0 Å². The van der Waals surface area contributed by atoms with Gasteiger partial charge >= 0.3 is 6.03 Å². The molecule has 0 aromatic heterocycles. The third-order valence-electron chi connectivity index (χ3n) is 4.63. The fourth-order valence-electron chi connectivity index (χ4n) is 2.86. The van der Waals surface area contributed by atoms with Gasteiger partial charge in [-0.15, -0.1) is 0 Å². The van der Waals surface area contributed by atoms with Crippen molar-refractivity contribution in [2.24, 2.45) is 5.92 Å². The maximum Gasteiger partial charge on any atom is 0.319 e. The van der Waals surface area contributed by atoms with Gasteiger partial charge in [0.2, 0.25) is 0 Å². The summed E-state index contributed by atoms with van der Waals surface area (Å²) in [5, 5.41) is 5.93. The normalized spacial score (nSPS) is 17.7. The van der Waals surface area contributed by atoms with Gasteiger partial charge in [-0.3, -0.25) is 0 Å². The number of hydrogen-bond donors (Lipinski definition) is 2. The number of urea groups is 1. The van der Waals surface area contributed by atoms with Crippen LogP contribution < -0.4 is 10.6 Å². The number of nitrogens with one attached hydrogen (secondary N) is 2. The topological polar surface area (TPSA) is 47.6 Å². The van der Waals surface area contributed by atoms with E-state index in [4.69, 9.17) is 0 Å². The molecule has 1 saturated heterocycles. The van der Waals surface area contributed by atoms with E-state index in [1.54, 1.807) is 0 Å². The lowest BCUT2D eigenvalue weighted by Crippen LogP contribution is -2.47. The van der Waals surface area contributed by atoms with Crippen molar-refractivity contribution in [3.05, 3.63) is 29.3 Å². The van der Waals surface area contributed by atoms with Crippen molar-refractivity contribution in [3.8, 4) is 0 Å². The zero-order valence-corrected chi connectivity index (χ0v) is 14.9. The molecule has 0 bridgehead atoms. The van der Waals surface area contributed by atoms with Gasteiger partial charge in [0.05, 0.1) is 0 Å². The van der Waals surface area contributed by atoms with Gasteiger partial charge in [-0.25, -0.2) is 4.79 Å².